The molecule has 50 heavy (non-hydrogen) atoms. The number of carbonyl (C=O) groups excluding carboxylic acids is 6. The molecule has 1 fully saturated rings. The van der Waals surface area contributed by atoms with Gasteiger partial charge in [-0.25, -0.2) is 0 Å². The number of phenolic OH excluding ortho intramolecular Hbond substituents is 1. The average Bonchev–Trinajstić information content (AvgIpc) is 3.73. The number of imide groups is 1. The number of carbonyl (C=O) groups is 6. The molecule has 2 aromatic rings. The third kappa shape index (κ3) is 4.81. The maximum absolute atomic E-state index is 14.1. The molecule has 0 saturated carbocycles. The van der Waals surface area contributed by atoms with E-state index < -0.39 is 76.9 Å². The predicted molar refractivity (Wildman–Crippen MR) is 173 cm³/mol. The largest absolute Gasteiger partial charge is 0.507 e. The van der Waals surface area contributed by atoms with Crippen LogP contribution in [0.5, 0.6) is 5.75 Å². The molecule has 14 heteroatoms. The first-order chi connectivity index (χ1) is 23.9. The molecular formula is C36H28N4O10. The number of aliphatic hydroxyl groups is 2. The normalized spacial score (nSPS) is 25.4. The van der Waals surface area contributed by atoms with E-state index in [9.17, 15) is 44.1 Å². The highest BCUT2D eigenvalue weighted by Gasteiger charge is 2.82. The van der Waals surface area contributed by atoms with Gasteiger partial charge in [-0.05, 0) is 49.8 Å². The van der Waals surface area contributed by atoms with Gasteiger partial charge in [-0.15, -0.1) is 0 Å². The van der Waals surface area contributed by atoms with E-state index in [0.29, 0.717) is 0 Å². The van der Waals surface area contributed by atoms with Crippen LogP contribution in [0.3, 0.4) is 0 Å². The highest BCUT2D eigenvalue weighted by molar-refractivity contribution is 6.31. The highest BCUT2D eigenvalue weighted by atomic mass is 16.7. The molecule has 252 valence electrons. The molecule has 14 nitrogen and oxygen atoms in total. The lowest BCUT2D eigenvalue weighted by atomic mass is 9.69. The number of nitrogens with zero attached hydrogens (tertiary/aromatic N) is 1. The molecule has 3 aliphatic heterocycles. The van der Waals surface area contributed by atoms with Crippen LogP contribution >= 0.6 is 0 Å². The lowest BCUT2D eigenvalue weighted by molar-refractivity contribution is -0.137. The number of amides is 4. The summed E-state index contributed by atoms with van der Waals surface area (Å²) < 4.78 is 6.16. The zero-order valence-electron chi connectivity index (χ0n) is 26.3. The smallest absolute Gasteiger partial charge is 0.253 e. The summed E-state index contributed by atoms with van der Waals surface area (Å²) >= 11 is 0. The van der Waals surface area contributed by atoms with Crippen molar-refractivity contribution < 1.29 is 48.8 Å². The minimum atomic E-state index is -1.69. The standard InChI is InChI=1S/C36H28N4O10/c1-18(41)35-24-7-4-2-3-5-8-25(43)36(35,50-35)22-16-23(42)30-31(32(22)39-24)33(48)20-11-10-19(15-21(20)34(30)49)38-27(45)17-37-26(44)9-6-14-40-28(46)12-13-29(40)47/h2-3,10-13,15-16,18,24-25,39,41-43H,6,9,14,17H2,1H3,(H,37,44)(H,38,45). The zero-order chi connectivity index (χ0) is 35.5. The molecule has 3 heterocycles. The Balaban J connectivity index is 1.11. The van der Waals surface area contributed by atoms with Crippen molar-refractivity contribution in [1.82, 2.24) is 10.2 Å². The van der Waals surface area contributed by atoms with E-state index in [1.165, 1.54) is 43.3 Å². The molecule has 4 amide bonds. The van der Waals surface area contributed by atoms with Gasteiger partial charge in [-0.2, -0.15) is 0 Å². The molecule has 5 atom stereocenters. The van der Waals surface area contributed by atoms with E-state index in [-0.39, 0.29) is 58.6 Å². The van der Waals surface area contributed by atoms with Gasteiger partial charge in [0.1, 0.15) is 11.8 Å². The topological polar surface area (TPSA) is 215 Å². The van der Waals surface area contributed by atoms with Crippen molar-refractivity contribution in [3.05, 3.63) is 76.4 Å². The maximum Gasteiger partial charge on any atom is 0.253 e. The van der Waals surface area contributed by atoms with Gasteiger partial charge in [0.05, 0.1) is 29.5 Å². The molecule has 7 rings (SSSR count). The Morgan fingerprint density at radius 2 is 1.70 bits per heavy atom. The third-order valence-corrected chi connectivity index (χ3v) is 9.38. The predicted octanol–water partition coefficient (Wildman–Crippen LogP) is 0.00420. The fraction of sp³-hybridized carbons (Fsp3) is 0.278. The van der Waals surface area contributed by atoms with Crippen LogP contribution < -0.4 is 16.0 Å². The van der Waals surface area contributed by atoms with Crippen LogP contribution in [0.15, 0.2) is 48.6 Å². The summed E-state index contributed by atoms with van der Waals surface area (Å²) in [6.45, 7) is 1.12. The molecule has 2 bridgehead atoms. The van der Waals surface area contributed by atoms with Crippen molar-refractivity contribution in [1.29, 1.82) is 0 Å². The molecule has 2 aromatic carbocycles. The van der Waals surface area contributed by atoms with Crippen molar-refractivity contribution in [2.45, 2.75) is 49.2 Å². The lowest BCUT2D eigenvalue weighted by Gasteiger charge is -2.37. The molecule has 1 saturated heterocycles. The number of hydrogen-bond acceptors (Lipinski definition) is 11. The fourth-order valence-electron chi connectivity index (χ4n) is 7.04. The maximum atomic E-state index is 14.1. The summed E-state index contributed by atoms with van der Waals surface area (Å²) in [4.78, 5) is 77.1. The second-order valence-corrected chi connectivity index (χ2v) is 12.3. The van der Waals surface area contributed by atoms with Crippen molar-refractivity contribution in [3.8, 4) is 29.4 Å². The average molecular weight is 677 g/mol. The molecule has 2 aliphatic carbocycles. The van der Waals surface area contributed by atoms with Crippen LogP contribution in [-0.4, -0.2) is 92.4 Å². The molecule has 6 N–H and O–H groups in total. The minimum Gasteiger partial charge on any atom is -0.507 e. The zero-order valence-corrected chi connectivity index (χ0v) is 26.3. The number of ether oxygens (including phenoxy) is 1. The molecule has 0 spiro atoms. The summed E-state index contributed by atoms with van der Waals surface area (Å²) in [5, 5.41) is 41.6. The van der Waals surface area contributed by atoms with Gasteiger partial charge in [0.2, 0.25) is 11.8 Å². The summed E-state index contributed by atoms with van der Waals surface area (Å²) in [7, 11) is 0. The number of ketones is 2. The van der Waals surface area contributed by atoms with Gasteiger partial charge >= 0.3 is 0 Å². The van der Waals surface area contributed by atoms with Gasteiger partial charge in [0.15, 0.2) is 28.9 Å². The van der Waals surface area contributed by atoms with Gasteiger partial charge in [0.25, 0.3) is 11.8 Å². The van der Waals surface area contributed by atoms with Crippen LogP contribution in [0.25, 0.3) is 0 Å². The SMILES string of the molecule is CC(O)C12OC13c1cc(O)c4c(c1NC2C#CC=CC#CC3O)C(=O)c1ccc(NC(=O)CNC(=O)CCCN2C(=O)C=CC2=O)cc1C4=O. The summed E-state index contributed by atoms with van der Waals surface area (Å²) in [5.74, 6) is 7.22. The number of aliphatic hydroxyl groups excluding tert-OH is 2. The van der Waals surface area contributed by atoms with E-state index in [4.69, 9.17) is 4.74 Å². The lowest BCUT2D eigenvalue weighted by Crippen LogP contribution is -2.54. The minimum absolute atomic E-state index is 0.0151. The second kappa shape index (κ2) is 11.8. The Kier molecular flexibility index (Phi) is 7.68. The number of fused-ring (bicyclic) bond motifs is 4. The van der Waals surface area contributed by atoms with Crippen LogP contribution in [0, 0.1) is 23.7 Å². The number of hydrogen-bond donors (Lipinski definition) is 6. The number of rotatable bonds is 8. The number of epoxide rings is 1. The van der Waals surface area contributed by atoms with E-state index in [2.05, 4.69) is 39.6 Å². The number of benzene rings is 2. The van der Waals surface area contributed by atoms with Crippen molar-refractivity contribution >= 4 is 46.6 Å². The Bertz CT molecular complexity index is 2130. The Hall–Kier alpha value is -6.06. The van der Waals surface area contributed by atoms with Crippen molar-refractivity contribution in [3.63, 3.8) is 0 Å². The molecule has 0 radical (unpaired) electrons. The van der Waals surface area contributed by atoms with Crippen LogP contribution in [-0.2, 0) is 29.5 Å². The van der Waals surface area contributed by atoms with E-state index in [0.717, 1.165) is 17.1 Å². The van der Waals surface area contributed by atoms with Gasteiger partial charge in [-0.1, -0.05) is 23.7 Å². The first-order valence-electron chi connectivity index (χ1n) is 15.6. The Morgan fingerprint density at radius 1 is 1.00 bits per heavy atom. The van der Waals surface area contributed by atoms with Crippen LogP contribution in [0.1, 0.15) is 57.2 Å². The number of allylic oxidation sites excluding steroid dienone is 2. The van der Waals surface area contributed by atoms with Crippen LogP contribution in [0.2, 0.25) is 0 Å². The van der Waals surface area contributed by atoms with Crippen LogP contribution in [0.4, 0.5) is 11.4 Å². The number of aromatic hydroxyl groups is 1. The Labute approximate surface area is 284 Å². The molecule has 0 aromatic heterocycles. The fourth-order valence-corrected chi connectivity index (χ4v) is 7.04. The highest BCUT2D eigenvalue weighted by Crippen LogP contribution is 2.67. The molecule has 5 aliphatic rings. The quantitative estimate of drug-likeness (QED) is 0.0809. The molecular weight excluding hydrogens is 648 g/mol. The monoisotopic (exact) mass is 676 g/mol. The number of phenols is 1. The van der Waals surface area contributed by atoms with Gasteiger partial charge < -0.3 is 36.0 Å². The number of anilines is 2. The number of nitrogens with one attached hydrogen (secondary N) is 3. The second-order valence-electron chi connectivity index (χ2n) is 12.3. The summed E-state index contributed by atoms with van der Waals surface area (Å²) in [6.07, 6.45) is 2.69. The molecule has 5 unspecified atom stereocenters. The first kappa shape index (κ1) is 32.5. The Morgan fingerprint density at radius 3 is 2.42 bits per heavy atom. The summed E-state index contributed by atoms with van der Waals surface area (Å²) in [6, 6.07) is 4.31. The van der Waals surface area contributed by atoms with E-state index >= 15 is 0 Å². The van der Waals surface area contributed by atoms with Crippen molar-refractivity contribution in [2.24, 2.45) is 0 Å². The third-order valence-electron chi connectivity index (χ3n) is 9.38. The van der Waals surface area contributed by atoms with Crippen molar-refractivity contribution in [2.75, 3.05) is 23.7 Å². The van der Waals surface area contributed by atoms with E-state index in [1.54, 1.807) is 0 Å². The van der Waals surface area contributed by atoms with Gasteiger partial charge in [-0.3, -0.25) is 33.7 Å². The van der Waals surface area contributed by atoms with E-state index in [1.807, 2.05) is 0 Å². The summed E-state index contributed by atoms with van der Waals surface area (Å²) in [5.41, 5.74) is -3.39. The first-order valence-corrected chi connectivity index (χ1v) is 15.6. The van der Waals surface area contributed by atoms with Gasteiger partial charge in [0, 0.05) is 47.5 Å².